The van der Waals surface area contributed by atoms with Crippen LogP contribution in [0.3, 0.4) is 0 Å². The minimum absolute atomic E-state index is 0.156. The summed E-state index contributed by atoms with van der Waals surface area (Å²) in [6, 6.07) is 3.79. The van der Waals surface area contributed by atoms with Crippen LogP contribution in [0.2, 0.25) is 0 Å². The van der Waals surface area contributed by atoms with Gasteiger partial charge >= 0.3 is 0 Å². The number of hydrogen-bond acceptors (Lipinski definition) is 4. The van der Waals surface area contributed by atoms with Crippen LogP contribution in [0.1, 0.15) is 18.2 Å². The summed E-state index contributed by atoms with van der Waals surface area (Å²) in [6.07, 6.45) is 1.81. The Kier molecular flexibility index (Phi) is 4.05. The molecule has 1 aromatic heterocycles. The summed E-state index contributed by atoms with van der Waals surface area (Å²) in [5.74, 6) is 0.176. The molecule has 1 rings (SSSR count). The molecule has 0 aliphatic carbocycles. The smallest absolute Gasteiger partial charge is 0.156 e. The molecule has 0 saturated heterocycles. The van der Waals surface area contributed by atoms with Crippen LogP contribution < -0.4 is 11.1 Å². The normalized spacial score (nSPS) is 13.9. The molecule has 5 nitrogen and oxygen atoms in total. The number of pyridine rings is 1. The second kappa shape index (κ2) is 5.31. The minimum atomic E-state index is -0.156. The number of aryl methyl sites for hydroxylation is 1. The molecule has 0 bridgehead atoms. The predicted molar refractivity (Wildman–Crippen MR) is 58.7 cm³/mol. The highest BCUT2D eigenvalue weighted by atomic mass is 16.4. The van der Waals surface area contributed by atoms with Crippen molar-refractivity contribution in [2.75, 3.05) is 0 Å². The van der Waals surface area contributed by atoms with E-state index < -0.39 is 0 Å². The standard InChI is InChI=1S/C10H16N4O/c1-7-3-4-9(5-12-7)6-13-8(2)10(11)14-15/h3-5,8,13,15H,6H2,1-2H3,(H2,11,14). The van der Waals surface area contributed by atoms with E-state index in [9.17, 15) is 0 Å². The van der Waals surface area contributed by atoms with Gasteiger partial charge in [0.15, 0.2) is 5.84 Å². The van der Waals surface area contributed by atoms with E-state index in [1.54, 1.807) is 6.20 Å². The zero-order valence-corrected chi connectivity index (χ0v) is 8.94. The van der Waals surface area contributed by atoms with E-state index in [2.05, 4.69) is 15.5 Å². The molecule has 0 aliphatic heterocycles. The largest absolute Gasteiger partial charge is 0.409 e. The topological polar surface area (TPSA) is 83.5 Å². The van der Waals surface area contributed by atoms with Crippen molar-refractivity contribution in [2.24, 2.45) is 10.9 Å². The van der Waals surface area contributed by atoms with E-state index in [-0.39, 0.29) is 11.9 Å². The van der Waals surface area contributed by atoms with Crippen molar-refractivity contribution in [3.8, 4) is 0 Å². The first kappa shape index (κ1) is 11.5. The highest BCUT2D eigenvalue weighted by Gasteiger charge is 2.05. The Balaban J connectivity index is 2.47. The molecule has 0 amide bonds. The number of rotatable bonds is 4. The van der Waals surface area contributed by atoms with Crippen molar-refractivity contribution in [3.05, 3.63) is 29.6 Å². The van der Waals surface area contributed by atoms with Gasteiger partial charge in [0.2, 0.25) is 0 Å². The van der Waals surface area contributed by atoms with Crippen molar-refractivity contribution >= 4 is 5.84 Å². The first-order valence-corrected chi connectivity index (χ1v) is 4.76. The van der Waals surface area contributed by atoms with Gasteiger partial charge in [0.1, 0.15) is 0 Å². The van der Waals surface area contributed by atoms with Gasteiger partial charge in [0.25, 0.3) is 0 Å². The summed E-state index contributed by atoms with van der Waals surface area (Å²) in [5, 5.41) is 14.5. The highest BCUT2D eigenvalue weighted by Crippen LogP contribution is 1.99. The summed E-state index contributed by atoms with van der Waals surface area (Å²) in [5.41, 5.74) is 7.48. The fourth-order valence-electron chi connectivity index (χ4n) is 1.07. The summed E-state index contributed by atoms with van der Waals surface area (Å²) in [4.78, 5) is 4.17. The number of aromatic nitrogens is 1. The van der Waals surface area contributed by atoms with E-state index >= 15 is 0 Å². The van der Waals surface area contributed by atoms with E-state index in [1.807, 2.05) is 26.0 Å². The van der Waals surface area contributed by atoms with Crippen LogP contribution in [-0.4, -0.2) is 22.1 Å². The SMILES string of the molecule is Cc1ccc(CNC(C)C(N)=NO)cn1. The van der Waals surface area contributed by atoms with Crippen LogP contribution in [-0.2, 0) is 6.54 Å². The molecule has 0 saturated carbocycles. The molecule has 82 valence electrons. The fraction of sp³-hybridized carbons (Fsp3) is 0.400. The third-order valence-corrected chi connectivity index (χ3v) is 2.14. The number of hydrogen-bond donors (Lipinski definition) is 3. The molecular weight excluding hydrogens is 192 g/mol. The van der Waals surface area contributed by atoms with Gasteiger partial charge in [0, 0.05) is 18.4 Å². The maximum atomic E-state index is 8.45. The molecule has 15 heavy (non-hydrogen) atoms. The van der Waals surface area contributed by atoms with Gasteiger partial charge in [-0.2, -0.15) is 0 Å². The van der Waals surface area contributed by atoms with Gasteiger partial charge in [-0.15, -0.1) is 0 Å². The summed E-state index contributed by atoms with van der Waals surface area (Å²) in [7, 11) is 0. The Labute approximate surface area is 89.0 Å². The average molecular weight is 208 g/mol. The van der Waals surface area contributed by atoms with E-state index in [4.69, 9.17) is 10.9 Å². The monoisotopic (exact) mass is 208 g/mol. The Morgan fingerprint density at radius 1 is 1.67 bits per heavy atom. The molecule has 0 aromatic carbocycles. The van der Waals surface area contributed by atoms with Crippen LogP contribution in [0.5, 0.6) is 0 Å². The summed E-state index contributed by atoms with van der Waals surface area (Å²) in [6.45, 7) is 4.41. The maximum Gasteiger partial charge on any atom is 0.156 e. The van der Waals surface area contributed by atoms with E-state index in [1.165, 1.54) is 0 Å². The molecule has 1 unspecified atom stereocenters. The zero-order valence-electron chi connectivity index (χ0n) is 8.94. The lowest BCUT2D eigenvalue weighted by Gasteiger charge is -2.11. The van der Waals surface area contributed by atoms with E-state index in [0.717, 1.165) is 11.3 Å². The van der Waals surface area contributed by atoms with Crippen LogP contribution in [0.15, 0.2) is 23.5 Å². The Morgan fingerprint density at radius 3 is 2.93 bits per heavy atom. The molecular formula is C10H16N4O. The maximum absolute atomic E-state index is 8.45. The first-order valence-electron chi connectivity index (χ1n) is 4.76. The van der Waals surface area contributed by atoms with Crippen molar-refractivity contribution in [1.82, 2.24) is 10.3 Å². The molecule has 1 heterocycles. The molecule has 0 fully saturated rings. The molecule has 0 radical (unpaired) electrons. The summed E-state index contributed by atoms with van der Waals surface area (Å²) < 4.78 is 0. The van der Waals surface area contributed by atoms with E-state index in [0.29, 0.717) is 6.54 Å². The van der Waals surface area contributed by atoms with Crippen molar-refractivity contribution in [3.63, 3.8) is 0 Å². The third kappa shape index (κ3) is 3.55. The lowest BCUT2D eigenvalue weighted by molar-refractivity contribution is 0.315. The van der Waals surface area contributed by atoms with Crippen molar-refractivity contribution < 1.29 is 5.21 Å². The van der Waals surface area contributed by atoms with Gasteiger partial charge in [0.05, 0.1) is 6.04 Å². The number of amidine groups is 1. The Hall–Kier alpha value is -1.62. The molecule has 5 heteroatoms. The average Bonchev–Trinajstić information content (AvgIpc) is 2.26. The molecule has 1 aromatic rings. The quantitative estimate of drug-likeness (QED) is 0.293. The summed E-state index contributed by atoms with van der Waals surface area (Å²) >= 11 is 0. The molecule has 1 atom stereocenters. The Bertz CT molecular complexity index is 334. The molecule has 0 aliphatic rings. The van der Waals surface area contributed by atoms with Gasteiger partial charge in [-0.1, -0.05) is 11.2 Å². The Morgan fingerprint density at radius 2 is 2.40 bits per heavy atom. The van der Waals surface area contributed by atoms with Gasteiger partial charge in [-0.25, -0.2) is 0 Å². The van der Waals surface area contributed by atoms with Crippen LogP contribution in [0, 0.1) is 6.92 Å². The second-order valence-electron chi connectivity index (χ2n) is 3.44. The lowest BCUT2D eigenvalue weighted by atomic mass is 10.2. The van der Waals surface area contributed by atoms with Crippen molar-refractivity contribution in [2.45, 2.75) is 26.4 Å². The first-order chi connectivity index (χ1) is 7.13. The highest BCUT2D eigenvalue weighted by molar-refractivity contribution is 5.84. The zero-order chi connectivity index (χ0) is 11.3. The van der Waals surface area contributed by atoms with Crippen molar-refractivity contribution in [1.29, 1.82) is 0 Å². The number of nitrogens with zero attached hydrogens (tertiary/aromatic N) is 2. The van der Waals surface area contributed by atoms with Gasteiger partial charge < -0.3 is 16.3 Å². The second-order valence-corrected chi connectivity index (χ2v) is 3.44. The molecule has 0 spiro atoms. The van der Waals surface area contributed by atoms with Crippen LogP contribution >= 0.6 is 0 Å². The fourth-order valence-corrected chi connectivity index (χ4v) is 1.07. The number of nitrogens with two attached hydrogens (primary N) is 1. The lowest BCUT2D eigenvalue weighted by Crippen LogP contribution is -2.38. The van der Waals surface area contributed by atoms with Crippen LogP contribution in [0.25, 0.3) is 0 Å². The molecule has 4 N–H and O–H groups in total. The predicted octanol–water partition coefficient (Wildman–Crippen LogP) is 0.615. The van der Waals surface area contributed by atoms with Gasteiger partial charge in [-0.3, -0.25) is 4.98 Å². The van der Waals surface area contributed by atoms with Crippen LogP contribution in [0.4, 0.5) is 0 Å². The minimum Gasteiger partial charge on any atom is -0.409 e. The number of nitrogens with one attached hydrogen (secondary N) is 1. The third-order valence-electron chi connectivity index (χ3n) is 2.14. The number of oxime groups is 1. The van der Waals surface area contributed by atoms with Gasteiger partial charge in [-0.05, 0) is 25.5 Å².